The van der Waals surface area contributed by atoms with Crippen LogP contribution in [0.4, 0.5) is 4.39 Å². The van der Waals surface area contributed by atoms with E-state index < -0.39 is 0 Å². The third-order valence-corrected chi connectivity index (χ3v) is 4.50. The van der Waals surface area contributed by atoms with Gasteiger partial charge in [-0.1, -0.05) is 24.6 Å². The lowest BCUT2D eigenvalue weighted by Crippen LogP contribution is -2.45. The van der Waals surface area contributed by atoms with Crippen molar-refractivity contribution in [1.82, 2.24) is 15.5 Å². The number of nitrogens with one attached hydrogen (secondary N) is 2. The molecule has 0 spiro atoms. The van der Waals surface area contributed by atoms with Crippen molar-refractivity contribution in [3.8, 4) is 0 Å². The fourth-order valence-electron chi connectivity index (χ4n) is 3.05. The Labute approximate surface area is 162 Å². The van der Waals surface area contributed by atoms with Gasteiger partial charge in [-0.15, -0.1) is 24.0 Å². The minimum atomic E-state index is -0.142. The van der Waals surface area contributed by atoms with E-state index in [4.69, 9.17) is 0 Å². The van der Waals surface area contributed by atoms with Gasteiger partial charge in [-0.2, -0.15) is 0 Å². The third kappa shape index (κ3) is 6.93. The lowest BCUT2D eigenvalue weighted by molar-refractivity contribution is 0.163. The van der Waals surface area contributed by atoms with E-state index >= 15 is 0 Å². The van der Waals surface area contributed by atoms with Crippen LogP contribution in [-0.4, -0.2) is 50.1 Å². The van der Waals surface area contributed by atoms with Crippen molar-refractivity contribution in [2.24, 2.45) is 4.99 Å². The lowest BCUT2D eigenvalue weighted by Gasteiger charge is -2.33. The van der Waals surface area contributed by atoms with Crippen LogP contribution in [-0.2, 0) is 6.42 Å². The first kappa shape index (κ1) is 21.2. The second kappa shape index (κ2) is 11.6. The highest BCUT2D eigenvalue weighted by Gasteiger charge is 2.17. The van der Waals surface area contributed by atoms with Crippen LogP contribution >= 0.6 is 24.0 Å². The third-order valence-electron chi connectivity index (χ3n) is 4.50. The molecule has 2 N–H and O–H groups in total. The molecule has 2 rings (SSSR count). The van der Waals surface area contributed by atoms with Crippen LogP contribution in [0.5, 0.6) is 0 Å². The second-order valence-corrected chi connectivity index (χ2v) is 6.15. The fourth-order valence-corrected chi connectivity index (χ4v) is 3.05. The highest BCUT2D eigenvalue weighted by Crippen LogP contribution is 2.15. The van der Waals surface area contributed by atoms with E-state index in [-0.39, 0.29) is 29.8 Å². The fraction of sp³-hybridized carbons (Fsp3) is 0.611. The molecule has 1 fully saturated rings. The van der Waals surface area contributed by atoms with Gasteiger partial charge >= 0.3 is 0 Å². The number of nitrogens with zero attached hydrogens (tertiary/aromatic N) is 2. The predicted molar refractivity (Wildman–Crippen MR) is 110 cm³/mol. The number of aliphatic imine (C=N–C) groups is 1. The van der Waals surface area contributed by atoms with E-state index in [1.807, 2.05) is 12.1 Å². The van der Waals surface area contributed by atoms with Gasteiger partial charge < -0.3 is 10.6 Å². The van der Waals surface area contributed by atoms with E-state index in [0.717, 1.165) is 24.6 Å². The van der Waals surface area contributed by atoms with E-state index in [9.17, 15) is 4.39 Å². The highest BCUT2D eigenvalue weighted by molar-refractivity contribution is 14.0. The van der Waals surface area contributed by atoms with Crippen molar-refractivity contribution in [2.75, 3.05) is 33.2 Å². The van der Waals surface area contributed by atoms with E-state index in [1.165, 1.54) is 31.9 Å². The van der Waals surface area contributed by atoms with E-state index in [0.29, 0.717) is 19.0 Å². The van der Waals surface area contributed by atoms with Crippen LogP contribution in [0.2, 0.25) is 0 Å². The Morgan fingerprint density at radius 3 is 2.71 bits per heavy atom. The molecule has 4 nitrogen and oxygen atoms in total. The Hall–Kier alpha value is -0.890. The molecule has 0 bridgehead atoms. The smallest absolute Gasteiger partial charge is 0.191 e. The Balaban J connectivity index is 0.00000288. The maximum absolute atomic E-state index is 13.6. The van der Waals surface area contributed by atoms with Crippen molar-refractivity contribution >= 4 is 29.9 Å². The van der Waals surface area contributed by atoms with Gasteiger partial charge in [0, 0.05) is 32.7 Å². The topological polar surface area (TPSA) is 39.7 Å². The van der Waals surface area contributed by atoms with Gasteiger partial charge in [0.05, 0.1) is 0 Å². The van der Waals surface area contributed by atoms with Crippen molar-refractivity contribution in [1.29, 1.82) is 0 Å². The summed E-state index contributed by atoms with van der Waals surface area (Å²) >= 11 is 0. The molecule has 0 amide bonds. The van der Waals surface area contributed by atoms with Crippen LogP contribution in [0.15, 0.2) is 29.3 Å². The summed E-state index contributed by atoms with van der Waals surface area (Å²) in [6.45, 7) is 6.09. The molecule has 136 valence electrons. The molecule has 0 aromatic heterocycles. The molecule has 6 heteroatoms. The summed E-state index contributed by atoms with van der Waals surface area (Å²) < 4.78 is 13.6. The van der Waals surface area contributed by atoms with Crippen LogP contribution < -0.4 is 10.6 Å². The standard InChI is InChI=1S/C18H29FN4.HI/c1-15-7-5-6-13-23(15)14-12-22-18(20-2)21-11-10-16-8-3-4-9-17(16)19;/h3-4,8-9,15H,5-7,10-14H2,1-2H3,(H2,20,21,22);1H. The molecule has 1 aliphatic rings. The molecule has 0 aliphatic carbocycles. The summed E-state index contributed by atoms with van der Waals surface area (Å²) in [7, 11) is 1.77. The van der Waals surface area contributed by atoms with Gasteiger partial charge in [-0.05, 0) is 44.4 Å². The van der Waals surface area contributed by atoms with Gasteiger partial charge in [-0.3, -0.25) is 9.89 Å². The quantitative estimate of drug-likeness (QED) is 0.400. The molecule has 24 heavy (non-hydrogen) atoms. The lowest BCUT2D eigenvalue weighted by atomic mass is 10.0. The zero-order valence-electron chi connectivity index (χ0n) is 14.7. The first-order valence-electron chi connectivity index (χ1n) is 8.62. The number of hydrogen-bond acceptors (Lipinski definition) is 2. The molecule has 1 aromatic rings. The van der Waals surface area contributed by atoms with Crippen molar-refractivity contribution in [2.45, 2.75) is 38.6 Å². The largest absolute Gasteiger partial charge is 0.356 e. The minimum Gasteiger partial charge on any atom is -0.356 e. The molecule has 1 unspecified atom stereocenters. The summed E-state index contributed by atoms with van der Waals surface area (Å²) in [6.07, 6.45) is 4.61. The molecule has 1 atom stereocenters. The first-order chi connectivity index (χ1) is 11.2. The average molecular weight is 448 g/mol. The SMILES string of the molecule is CN=C(NCCc1ccccc1F)NCCN1CCCCC1C.I. The Morgan fingerprint density at radius 2 is 2.00 bits per heavy atom. The minimum absolute atomic E-state index is 0. The summed E-state index contributed by atoms with van der Waals surface area (Å²) in [6, 6.07) is 7.59. The number of piperidine rings is 1. The number of hydrogen-bond donors (Lipinski definition) is 2. The number of guanidine groups is 1. The molecule has 1 saturated heterocycles. The van der Waals surface area contributed by atoms with Gasteiger partial charge in [0.15, 0.2) is 5.96 Å². The summed E-state index contributed by atoms with van der Waals surface area (Å²) in [4.78, 5) is 6.76. The Morgan fingerprint density at radius 1 is 1.25 bits per heavy atom. The molecule has 0 radical (unpaired) electrons. The molecule has 0 saturated carbocycles. The van der Waals surface area contributed by atoms with Gasteiger partial charge in [-0.25, -0.2) is 4.39 Å². The molecule has 1 heterocycles. The van der Waals surface area contributed by atoms with Crippen molar-refractivity contribution in [3.05, 3.63) is 35.6 Å². The number of likely N-dealkylation sites (tertiary alicyclic amines) is 1. The maximum Gasteiger partial charge on any atom is 0.191 e. The van der Waals surface area contributed by atoms with Gasteiger partial charge in [0.25, 0.3) is 0 Å². The molecule has 1 aromatic carbocycles. The van der Waals surface area contributed by atoms with Crippen LogP contribution in [0.25, 0.3) is 0 Å². The van der Waals surface area contributed by atoms with E-state index in [2.05, 4.69) is 27.4 Å². The number of rotatable bonds is 6. The zero-order valence-corrected chi connectivity index (χ0v) is 17.1. The summed E-state index contributed by atoms with van der Waals surface area (Å²) in [5.74, 6) is 0.641. The summed E-state index contributed by atoms with van der Waals surface area (Å²) in [5.41, 5.74) is 0.734. The zero-order chi connectivity index (χ0) is 16.5. The predicted octanol–water partition coefficient (Wildman–Crippen LogP) is 3.03. The molecular formula is C18H30FIN4. The summed E-state index contributed by atoms with van der Waals surface area (Å²) in [5, 5.41) is 6.59. The van der Waals surface area contributed by atoms with Crippen LogP contribution in [0.3, 0.4) is 0 Å². The number of benzene rings is 1. The van der Waals surface area contributed by atoms with Crippen molar-refractivity contribution < 1.29 is 4.39 Å². The van der Waals surface area contributed by atoms with E-state index in [1.54, 1.807) is 13.1 Å². The molecular weight excluding hydrogens is 418 g/mol. The van der Waals surface area contributed by atoms with Crippen molar-refractivity contribution in [3.63, 3.8) is 0 Å². The normalized spacial score (nSPS) is 18.8. The van der Waals surface area contributed by atoms with Gasteiger partial charge in [0.1, 0.15) is 5.82 Å². The highest BCUT2D eigenvalue weighted by atomic mass is 127. The Bertz CT molecular complexity index is 510. The first-order valence-corrected chi connectivity index (χ1v) is 8.62. The molecule has 1 aliphatic heterocycles. The monoisotopic (exact) mass is 448 g/mol. The van der Waals surface area contributed by atoms with Gasteiger partial charge in [0.2, 0.25) is 0 Å². The van der Waals surface area contributed by atoms with Crippen LogP contribution in [0, 0.1) is 5.82 Å². The number of halogens is 2. The van der Waals surface area contributed by atoms with Crippen LogP contribution in [0.1, 0.15) is 31.7 Å². The maximum atomic E-state index is 13.6. The average Bonchev–Trinajstić information content (AvgIpc) is 2.56. The second-order valence-electron chi connectivity index (χ2n) is 6.15. The Kier molecular flexibility index (Phi) is 10.2.